The Bertz CT molecular complexity index is 1410. The second-order valence-corrected chi connectivity index (χ2v) is 12.0. The van der Waals surface area contributed by atoms with Gasteiger partial charge in [-0.2, -0.15) is 0 Å². The van der Waals surface area contributed by atoms with Crippen molar-refractivity contribution in [2.75, 3.05) is 15.9 Å². The Labute approximate surface area is 217 Å². The molecule has 0 unspecified atom stereocenters. The first-order valence-corrected chi connectivity index (χ1v) is 14.5. The van der Waals surface area contributed by atoms with Gasteiger partial charge in [0, 0.05) is 16.3 Å². The van der Waals surface area contributed by atoms with Gasteiger partial charge < -0.3 is 0 Å². The number of halogens is 1. The van der Waals surface area contributed by atoms with E-state index in [0.717, 1.165) is 16.3 Å². The molecular formula is C24H21ClN4O3S3. The van der Waals surface area contributed by atoms with Crippen molar-refractivity contribution in [1.29, 1.82) is 0 Å². The fraction of sp³-hybridized carbons (Fsp3) is 0.125. The van der Waals surface area contributed by atoms with Gasteiger partial charge in [-0.15, -0.1) is 10.2 Å². The van der Waals surface area contributed by atoms with Crippen molar-refractivity contribution in [2.24, 2.45) is 0 Å². The van der Waals surface area contributed by atoms with Gasteiger partial charge in [0.05, 0.1) is 18.5 Å². The number of sulfonamides is 1. The molecule has 0 fully saturated rings. The lowest BCUT2D eigenvalue weighted by atomic mass is 10.2. The van der Waals surface area contributed by atoms with Crippen LogP contribution in [0.15, 0.2) is 83.2 Å². The van der Waals surface area contributed by atoms with E-state index in [9.17, 15) is 13.2 Å². The number of benzene rings is 3. The molecule has 35 heavy (non-hydrogen) atoms. The third-order valence-corrected chi connectivity index (χ3v) is 8.47. The number of hydrogen-bond donors (Lipinski definition) is 1. The van der Waals surface area contributed by atoms with Crippen LogP contribution in [-0.4, -0.2) is 30.8 Å². The van der Waals surface area contributed by atoms with Crippen LogP contribution >= 0.6 is 34.7 Å². The van der Waals surface area contributed by atoms with Gasteiger partial charge in [-0.3, -0.25) is 14.4 Å². The number of carbonyl (C=O) groups is 1. The van der Waals surface area contributed by atoms with Crippen LogP contribution in [-0.2, 0) is 22.3 Å². The maximum absolute atomic E-state index is 12.7. The van der Waals surface area contributed by atoms with Gasteiger partial charge in [-0.1, -0.05) is 83.2 Å². The van der Waals surface area contributed by atoms with Crippen LogP contribution < -0.4 is 9.62 Å². The zero-order chi connectivity index (χ0) is 24.8. The molecule has 3 aromatic carbocycles. The standard InChI is InChI=1S/C24H21ClN4O3S3/c1-35(31,32)29(15-19-9-5-6-10-21(19)25)20-13-11-18(12-14-20)22(30)26-23-27-28-24(34-23)33-16-17-7-3-2-4-8-17/h2-14H,15-16H2,1H3,(H,26,27,30). The van der Waals surface area contributed by atoms with E-state index < -0.39 is 10.0 Å². The average Bonchev–Trinajstić information content (AvgIpc) is 3.29. The first-order chi connectivity index (χ1) is 16.8. The van der Waals surface area contributed by atoms with E-state index in [-0.39, 0.29) is 12.5 Å². The van der Waals surface area contributed by atoms with Crippen molar-refractivity contribution < 1.29 is 13.2 Å². The Morgan fingerprint density at radius 2 is 1.69 bits per heavy atom. The van der Waals surface area contributed by atoms with Crippen LogP contribution in [0.3, 0.4) is 0 Å². The summed E-state index contributed by atoms with van der Waals surface area (Å²) in [6, 6.07) is 23.4. The normalized spacial score (nSPS) is 11.3. The van der Waals surface area contributed by atoms with Gasteiger partial charge in [-0.05, 0) is 41.5 Å². The van der Waals surface area contributed by atoms with Crippen LogP contribution in [0.1, 0.15) is 21.5 Å². The Morgan fingerprint density at radius 3 is 2.37 bits per heavy atom. The molecule has 1 heterocycles. The quantitative estimate of drug-likeness (QED) is 0.214. The van der Waals surface area contributed by atoms with Crippen molar-refractivity contribution in [3.05, 3.63) is 101 Å². The molecule has 0 atom stereocenters. The van der Waals surface area contributed by atoms with Gasteiger partial charge in [-0.25, -0.2) is 8.42 Å². The largest absolute Gasteiger partial charge is 0.296 e. The van der Waals surface area contributed by atoms with E-state index >= 15 is 0 Å². The summed E-state index contributed by atoms with van der Waals surface area (Å²) in [5.74, 6) is 0.403. The molecule has 4 rings (SSSR count). The molecule has 1 aromatic heterocycles. The number of rotatable bonds is 9. The van der Waals surface area contributed by atoms with Gasteiger partial charge in [0.1, 0.15) is 0 Å². The number of anilines is 2. The second-order valence-electron chi connectivity index (χ2n) is 7.51. The lowest BCUT2D eigenvalue weighted by Gasteiger charge is -2.23. The Kier molecular flexibility index (Phi) is 8.07. The summed E-state index contributed by atoms with van der Waals surface area (Å²) >= 11 is 9.06. The molecule has 180 valence electrons. The molecule has 1 amide bonds. The van der Waals surface area contributed by atoms with Crippen molar-refractivity contribution in [3.63, 3.8) is 0 Å². The second kappa shape index (κ2) is 11.2. The van der Waals surface area contributed by atoms with E-state index in [4.69, 9.17) is 11.6 Å². The molecule has 11 heteroatoms. The zero-order valence-electron chi connectivity index (χ0n) is 18.6. The number of aromatic nitrogens is 2. The molecule has 1 N–H and O–H groups in total. The Morgan fingerprint density at radius 1 is 1.00 bits per heavy atom. The smallest absolute Gasteiger partial charge is 0.257 e. The van der Waals surface area contributed by atoms with E-state index in [2.05, 4.69) is 15.5 Å². The fourth-order valence-electron chi connectivity index (χ4n) is 3.17. The molecule has 0 saturated carbocycles. The third kappa shape index (κ3) is 6.82. The summed E-state index contributed by atoms with van der Waals surface area (Å²) in [5.41, 5.74) is 2.66. The highest BCUT2D eigenvalue weighted by molar-refractivity contribution is 8.00. The molecule has 0 spiro atoms. The summed E-state index contributed by atoms with van der Waals surface area (Å²) in [5, 5.41) is 11.8. The van der Waals surface area contributed by atoms with E-state index in [0.29, 0.717) is 27.0 Å². The third-order valence-electron chi connectivity index (χ3n) is 4.92. The number of nitrogens with one attached hydrogen (secondary N) is 1. The maximum Gasteiger partial charge on any atom is 0.257 e. The van der Waals surface area contributed by atoms with Crippen LogP contribution in [0.2, 0.25) is 5.02 Å². The molecule has 0 saturated heterocycles. The predicted octanol–water partition coefficient (Wildman–Crippen LogP) is 5.70. The predicted molar refractivity (Wildman–Crippen MR) is 143 cm³/mol. The first kappa shape index (κ1) is 25.2. The Balaban J connectivity index is 1.41. The summed E-state index contributed by atoms with van der Waals surface area (Å²) in [7, 11) is -3.58. The lowest BCUT2D eigenvalue weighted by molar-refractivity contribution is 0.102. The molecule has 0 aliphatic rings. The molecule has 0 bridgehead atoms. The minimum absolute atomic E-state index is 0.0816. The summed E-state index contributed by atoms with van der Waals surface area (Å²) < 4.78 is 26.9. The van der Waals surface area contributed by atoms with Crippen molar-refractivity contribution >= 4 is 61.4 Å². The lowest BCUT2D eigenvalue weighted by Crippen LogP contribution is -2.29. The molecule has 7 nitrogen and oxygen atoms in total. The summed E-state index contributed by atoms with van der Waals surface area (Å²) in [6.45, 7) is 0.0816. The average molecular weight is 545 g/mol. The minimum Gasteiger partial charge on any atom is -0.296 e. The van der Waals surface area contributed by atoms with Crippen LogP contribution in [0.25, 0.3) is 0 Å². The molecule has 0 radical (unpaired) electrons. The Hall–Kier alpha value is -2.92. The maximum atomic E-state index is 12.7. The molecule has 4 aromatic rings. The van der Waals surface area contributed by atoms with Gasteiger partial charge in [0.2, 0.25) is 15.2 Å². The number of amides is 1. The number of hydrogen-bond acceptors (Lipinski definition) is 7. The van der Waals surface area contributed by atoms with Crippen molar-refractivity contribution in [3.8, 4) is 0 Å². The van der Waals surface area contributed by atoms with Crippen LogP contribution in [0.5, 0.6) is 0 Å². The van der Waals surface area contributed by atoms with Gasteiger partial charge in [0.25, 0.3) is 5.91 Å². The molecule has 0 aliphatic heterocycles. The summed E-state index contributed by atoms with van der Waals surface area (Å²) in [4.78, 5) is 12.7. The zero-order valence-corrected chi connectivity index (χ0v) is 21.8. The first-order valence-electron chi connectivity index (χ1n) is 10.4. The van der Waals surface area contributed by atoms with E-state index in [1.807, 2.05) is 30.3 Å². The van der Waals surface area contributed by atoms with Crippen molar-refractivity contribution in [2.45, 2.75) is 16.6 Å². The number of thioether (sulfide) groups is 1. The van der Waals surface area contributed by atoms with E-state index in [1.54, 1.807) is 60.3 Å². The fourth-order valence-corrected chi connectivity index (χ4v) is 5.94. The number of carbonyl (C=O) groups excluding carboxylic acids is 1. The summed E-state index contributed by atoms with van der Waals surface area (Å²) in [6.07, 6.45) is 1.13. The van der Waals surface area contributed by atoms with Crippen molar-refractivity contribution in [1.82, 2.24) is 10.2 Å². The molecule has 0 aliphatic carbocycles. The highest BCUT2D eigenvalue weighted by atomic mass is 35.5. The van der Waals surface area contributed by atoms with Gasteiger partial charge in [0.15, 0.2) is 4.34 Å². The minimum atomic E-state index is -3.58. The highest BCUT2D eigenvalue weighted by Crippen LogP contribution is 2.29. The molecular weight excluding hydrogens is 524 g/mol. The van der Waals surface area contributed by atoms with Crippen LogP contribution in [0, 0.1) is 0 Å². The highest BCUT2D eigenvalue weighted by Gasteiger charge is 2.20. The SMILES string of the molecule is CS(=O)(=O)N(Cc1ccccc1Cl)c1ccc(C(=O)Nc2nnc(SCc3ccccc3)s2)cc1. The monoisotopic (exact) mass is 544 g/mol. The van der Waals surface area contributed by atoms with Crippen LogP contribution in [0.4, 0.5) is 10.8 Å². The topological polar surface area (TPSA) is 92.3 Å². The van der Waals surface area contributed by atoms with Gasteiger partial charge >= 0.3 is 0 Å². The number of nitrogens with zero attached hydrogens (tertiary/aromatic N) is 3. The van der Waals surface area contributed by atoms with E-state index in [1.165, 1.54) is 21.2 Å².